The number of aromatic nitrogens is 5. The molecule has 8 heteroatoms. The number of carbonyl (C=O) groups excluding carboxylic acids is 1. The van der Waals surface area contributed by atoms with Crippen LogP contribution in [0.3, 0.4) is 0 Å². The predicted molar refractivity (Wildman–Crippen MR) is 117 cm³/mol. The van der Waals surface area contributed by atoms with Gasteiger partial charge in [0.2, 0.25) is 0 Å². The number of piperidine rings is 1. The van der Waals surface area contributed by atoms with E-state index in [0.717, 1.165) is 48.0 Å². The van der Waals surface area contributed by atoms with E-state index in [1.54, 1.807) is 23.0 Å². The van der Waals surface area contributed by atoms with Gasteiger partial charge in [0.1, 0.15) is 5.82 Å². The normalized spacial score (nSPS) is 19.9. The predicted octanol–water partition coefficient (Wildman–Crippen LogP) is 3.80. The quantitative estimate of drug-likeness (QED) is 0.485. The zero-order valence-electron chi connectivity index (χ0n) is 18.0. The van der Waals surface area contributed by atoms with Gasteiger partial charge in [-0.25, -0.2) is 14.1 Å². The fourth-order valence-corrected chi connectivity index (χ4v) is 5.49. The molecule has 0 radical (unpaired) electrons. The van der Waals surface area contributed by atoms with Crippen LogP contribution in [0.25, 0.3) is 22.3 Å². The van der Waals surface area contributed by atoms with Crippen molar-refractivity contribution in [2.24, 2.45) is 14.1 Å². The number of pyridine rings is 1. The van der Waals surface area contributed by atoms with Crippen LogP contribution in [0.2, 0.25) is 0 Å². The van der Waals surface area contributed by atoms with Crippen molar-refractivity contribution in [3.63, 3.8) is 0 Å². The van der Waals surface area contributed by atoms with Crippen molar-refractivity contribution >= 4 is 16.9 Å². The fourth-order valence-electron chi connectivity index (χ4n) is 5.49. The van der Waals surface area contributed by atoms with Gasteiger partial charge >= 0.3 is 0 Å². The zero-order valence-corrected chi connectivity index (χ0v) is 18.0. The van der Waals surface area contributed by atoms with E-state index in [2.05, 4.69) is 10.1 Å². The molecule has 0 saturated carbocycles. The first-order valence-electron chi connectivity index (χ1n) is 10.9. The molecule has 4 aromatic rings. The third-order valence-electron chi connectivity index (χ3n) is 6.83. The van der Waals surface area contributed by atoms with Crippen molar-refractivity contribution in [2.75, 3.05) is 0 Å². The highest BCUT2D eigenvalue weighted by Gasteiger charge is 2.44. The van der Waals surface area contributed by atoms with E-state index in [4.69, 9.17) is 5.10 Å². The van der Waals surface area contributed by atoms with Crippen molar-refractivity contribution in [3.8, 4) is 11.3 Å². The molecule has 3 aromatic heterocycles. The van der Waals surface area contributed by atoms with Crippen LogP contribution in [-0.4, -0.2) is 41.4 Å². The van der Waals surface area contributed by atoms with Crippen molar-refractivity contribution in [2.45, 2.75) is 37.8 Å². The Labute approximate surface area is 184 Å². The molecule has 1 saturated heterocycles. The molecular formula is C24H23FN6O. The standard InChI is InChI=1S/C24H23FN6O/c1-29-22(14-8-10-15(25)11-9-14)18-13-16-5-3-7-19(20(18)27-29)31(16)24(32)21-17-6-4-12-26-23(17)30(2)28-21/h4,6,8-12,16,19H,3,5,7,13H2,1-2H3/t16-,19+/m1/s1. The smallest absolute Gasteiger partial charge is 0.275 e. The molecule has 6 rings (SSSR count). The summed E-state index contributed by atoms with van der Waals surface area (Å²) < 4.78 is 17.0. The highest BCUT2D eigenvalue weighted by molar-refractivity contribution is 6.04. The lowest BCUT2D eigenvalue weighted by Gasteiger charge is -2.45. The minimum Gasteiger partial charge on any atom is -0.325 e. The Morgan fingerprint density at radius 2 is 1.88 bits per heavy atom. The maximum absolute atomic E-state index is 13.8. The van der Waals surface area contributed by atoms with Gasteiger partial charge < -0.3 is 4.90 Å². The lowest BCUT2D eigenvalue weighted by atomic mass is 9.81. The van der Waals surface area contributed by atoms with E-state index >= 15 is 0 Å². The molecule has 7 nitrogen and oxygen atoms in total. The number of hydrogen-bond acceptors (Lipinski definition) is 4. The Kier molecular flexibility index (Phi) is 4.18. The van der Waals surface area contributed by atoms with Crippen LogP contribution in [-0.2, 0) is 20.5 Å². The topological polar surface area (TPSA) is 68.8 Å². The van der Waals surface area contributed by atoms with Gasteiger partial charge in [0.05, 0.1) is 22.8 Å². The Morgan fingerprint density at radius 1 is 1.06 bits per heavy atom. The number of benzene rings is 1. The first-order chi connectivity index (χ1) is 15.5. The van der Waals surface area contributed by atoms with Crippen molar-refractivity contribution in [1.29, 1.82) is 0 Å². The first kappa shape index (κ1) is 19.2. The van der Waals surface area contributed by atoms with Gasteiger partial charge in [0.25, 0.3) is 5.91 Å². The van der Waals surface area contributed by atoms with Crippen LogP contribution < -0.4 is 0 Å². The van der Waals surface area contributed by atoms with Crippen molar-refractivity contribution in [1.82, 2.24) is 29.4 Å². The van der Waals surface area contributed by atoms with Gasteiger partial charge in [-0.15, -0.1) is 0 Å². The summed E-state index contributed by atoms with van der Waals surface area (Å²) in [4.78, 5) is 20.2. The van der Waals surface area contributed by atoms with Gasteiger partial charge in [-0.1, -0.05) is 0 Å². The Bertz CT molecular complexity index is 1360. The number of halogens is 1. The third-order valence-corrected chi connectivity index (χ3v) is 6.83. The van der Waals surface area contributed by atoms with E-state index in [9.17, 15) is 9.18 Å². The summed E-state index contributed by atoms with van der Waals surface area (Å²) in [7, 11) is 3.74. The van der Waals surface area contributed by atoms with E-state index in [1.807, 2.05) is 35.8 Å². The molecule has 2 aliphatic heterocycles. The summed E-state index contributed by atoms with van der Waals surface area (Å²) in [5.41, 5.74) is 5.24. The molecule has 2 atom stereocenters. The third kappa shape index (κ3) is 2.71. The maximum Gasteiger partial charge on any atom is 0.275 e. The number of nitrogens with zero attached hydrogens (tertiary/aromatic N) is 6. The molecule has 0 N–H and O–H groups in total. The van der Waals surface area contributed by atoms with Crippen LogP contribution in [0.1, 0.15) is 47.1 Å². The van der Waals surface area contributed by atoms with Crippen LogP contribution in [0, 0.1) is 5.82 Å². The summed E-state index contributed by atoms with van der Waals surface area (Å²) in [6, 6.07) is 10.3. The summed E-state index contributed by atoms with van der Waals surface area (Å²) in [6.45, 7) is 0. The summed E-state index contributed by atoms with van der Waals surface area (Å²) in [6.07, 6.45) is 5.33. The molecule has 1 fully saturated rings. The minimum absolute atomic E-state index is 0.0575. The van der Waals surface area contributed by atoms with E-state index < -0.39 is 0 Å². The van der Waals surface area contributed by atoms with Crippen molar-refractivity contribution in [3.05, 3.63) is 65.4 Å². The van der Waals surface area contributed by atoms with Crippen LogP contribution in [0.15, 0.2) is 42.6 Å². The van der Waals surface area contributed by atoms with Crippen LogP contribution in [0.4, 0.5) is 4.39 Å². The molecule has 32 heavy (non-hydrogen) atoms. The maximum atomic E-state index is 13.8. The SMILES string of the molecule is Cn1nc2c(c1-c1ccc(F)cc1)C[C@H]1CCC[C@@H]2N1C(=O)c1nn(C)c2ncccc12. The minimum atomic E-state index is -0.254. The van der Waals surface area contributed by atoms with Crippen LogP contribution >= 0.6 is 0 Å². The van der Waals surface area contributed by atoms with Crippen molar-refractivity contribution < 1.29 is 9.18 Å². The summed E-state index contributed by atoms with van der Waals surface area (Å²) >= 11 is 0. The number of hydrogen-bond donors (Lipinski definition) is 0. The number of aryl methyl sites for hydroxylation is 2. The molecule has 1 amide bonds. The van der Waals surface area contributed by atoms with E-state index in [0.29, 0.717) is 11.3 Å². The second kappa shape index (κ2) is 6.98. The highest BCUT2D eigenvalue weighted by Crippen LogP contribution is 2.45. The van der Waals surface area contributed by atoms with Gasteiger partial charge in [0, 0.05) is 37.5 Å². The molecule has 0 spiro atoms. The Hall–Kier alpha value is -3.55. The number of fused-ring (bicyclic) bond motifs is 5. The molecule has 0 aliphatic carbocycles. The molecule has 0 unspecified atom stereocenters. The lowest BCUT2D eigenvalue weighted by Crippen LogP contribution is -2.50. The van der Waals surface area contributed by atoms with Gasteiger partial charge in [-0.3, -0.25) is 9.48 Å². The molecule has 1 aromatic carbocycles. The van der Waals surface area contributed by atoms with Crippen LogP contribution in [0.5, 0.6) is 0 Å². The monoisotopic (exact) mass is 430 g/mol. The molecule has 2 bridgehead atoms. The zero-order chi connectivity index (χ0) is 22.0. The largest absolute Gasteiger partial charge is 0.325 e. The average Bonchev–Trinajstić information content (AvgIpc) is 3.30. The van der Waals surface area contributed by atoms with Gasteiger partial charge in [-0.05, 0) is 62.1 Å². The lowest BCUT2D eigenvalue weighted by molar-refractivity contribution is 0.0387. The van der Waals surface area contributed by atoms with E-state index in [-0.39, 0.29) is 23.8 Å². The van der Waals surface area contributed by atoms with Gasteiger partial charge in [-0.2, -0.15) is 10.2 Å². The van der Waals surface area contributed by atoms with Gasteiger partial charge in [0.15, 0.2) is 11.3 Å². The summed E-state index contributed by atoms with van der Waals surface area (Å²) in [5.74, 6) is -0.312. The number of rotatable bonds is 2. The average molecular weight is 430 g/mol. The number of carbonyl (C=O) groups is 1. The fraction of sp³-hybridized carbons (Fsp3) is 0.333. The molecule has 162 valence electrons. The Balaban J connectivity index is 1.45. The second-order valence-corrected chi connectivity index (χ2v) is 8.71. The van der Waals surface area contributed by atoms with E-state index in [1.165, 1.54) is 17.7 Å². The highest BCUT2D eigenvalue weighted by atomic mass is 19.1. The summed E-state index contributed by atoms with van der Waals surface area (Å²) in [5, 5.41) is 10.2. The second-order valence-electron chi connectivity index (χ2n) is 8.71. The Morgan fingerprint density at radius 3 is 2.69 bits per heavy atom. The first-order valence-corrected chi connectivity index (χ1v) is 10.9. The molecule has 5 heterocycles. The number of amides is 1. The molecular weight excluding hydrogens is 407 g/mol. The molecule has 2 aliphatic rings.